The van der Waals surface area contributed by atoms with Crippen LogP contribution < -0.4 is 5.32 Å². The van der Waals surface area contributed by atoms with Crippen LogP contribution in [-0.2, 0) is 0 Å². The molecule has 0 heterocycles. The SMILES string of the molecule is CC1CCCC(NC2CC2(C)C)C1C. The summed E-state index contributed by atoms with van der Waals surface area (Å²) in [6.45, 7) is 9.59. The van der Waals surface area contributed by atoms with Gasteiger partial charge in [-0.2, -0.15) is 0 Å². The van der Waals surface area contributed by atoms with Crippen molar-refractivity contribution in [1.82, 2.24) is 5.32 Å². The molecule has 0 saturated heterocycles. The van der Waals surface area contributed by atoms with Crippen LogP contribution >= 0.6 is 0 Å². The van der Waals surface area contributed by atoms with E-state index in [9.17, 15) is 0 Å². The van der Waals surface area contributed by atoms with Crippen molar-refractivity contribution in [3.63, 3.8) is 0 Å². The van der Waals surface area contributed by atoms with E-state index in [1.165, 1.54) is 25.7 Å². The molecule has 2 aliphatic carbocycles. The van der Waals surface area contributed by atoms with Gasteiger partial charge in [0, 0.05) is 12.1 Å². The zero-order valence-electron chi connectivity index (χ0n) is 10.1. The van der Waals surface area contributed by atoms with Crippen LogP contribution in [0.4, 0.5) is 0 Å². The molecule has 4 atom stereocenters. The number of hydrogen-bond acceptors (Lipinski definition) is 1. The molecule has 2 saturated carbocycles. The van der Waals surface area contributed by atoms with E-state index >= 15 is 0 Å². The maximum absolute atomic E-state index is 3.86. The molecule has 0 spiro atoms. The molecule has 14 heavy (non-hydrogen) atoms. The lowest BCUT2D eigenvalue weighted by atomic mass is 9.78. The molecule has 0 aromatic heterocycles. The molecule has 0 bridgehead atoms. The van der Waals surface area contributed by atoms with Crippen molar-refractivity contribution in [3.05, 3.63) is 0 Å². The molecule has 82 valence electrons. The minimum atomic E-state index is 0.584. The van der Waals surface area contributed by atoms with E-state index in [1.807, 2.05) is 0 Å². The molecule has 0 radical (unpaired) electrons. The molecule has 0 aromatic carbocycles. The van der Waals surface area contributed by atoms with E-state index in [2.05, 4.69) is 33.0 Å². The van der Waals surface area contributed by atoms with Crippen LogP contribution in [0.15, 0.2) is 0 Å². The summed E-state index contributed by atoms with van der Waals surface area (Å²) in [6.07, 6.45) is 5.65. The summed E-state index contributed by atoms with van der Waals surface area (Å²) in [6, 6.07) is 1.60. The van der Waals surface area contributed by atoms with Gasteiger partial charge in [0.25, 0.3) is 0 Å². The van der Waals surface area contributed by atoms with Crippen LogP contribution in [0.5, 0.6) is 0 Å². The summed E-state index contributed by atoms with van der Waals surface area (Å²) < 4.78 is 0. The smallest absolute Gasteiger partial charge is 0.0127 e. The van der Waals surface area contributed by atoms with Gasteiger partial charge in [-0.3, -0.25) is 0 Å². The maximum Gasteiger partial charge on any atom is 0.0127 e. The Labute approximate surface area is 88.7 Å². The van der Waals surface area contributed by atoms with Crippen LogP contribution in [0.1, 0.15) is 53.4 Å². The summed E-state index contributed by atoms with van der Waals surface area (Å²) in [5.74, 6) is 1.79. The van der Waals surface area contributed by atoms with Gasteiger partial charge in [-0.15, -0.1) is 0 Å². The van der Waals surface area contributed by atoms with Gasteiger partial charge in [-0.05, 0) is 30.1 Å². The highest BCUT2D eigenvalue weighted by Gasteiger charge is 2.47. The third-order valence-electron chi connectivity index (χ3n) is 4.64. The van der Waals surface area contributed by atoms with E-state index in [0.717, 1.165) is 23.9 Å². The summed E-state index contributed by atoms with van der Waals surface area (Å²) in [5.41, 5.74) is 0.584. The second kappa shape index (κ2) is 3.52. The first-order valence-corrected chi connectivity index (χ1v) is 6.27. The van der Waals surface area contributed by atoms with E-state index in [0.29, 0.717) is 5.41 Å². The lowest BCUT2D eigenvalue weighted by molar-refractivity contribution is 0.201. The van der Waals surface area contributed by atoms with Gasteiger partial charge in [0.15, 0.2) is 0 Å². The minimum Gasteiger partial charge on any atom is -0.310 e. The Hall–Kier alpha value is -0.0400. The van der Waals surface area contributed by atoms with Gasteiger partial charge >= 0.3 is 0 Å². The van der Waals surface area contributed by atoms with Crippen LogP contribution in [0, 0.1) is 17.3 Å². The first kappa shape index (κ1) is 10.5. The highest BCUT2D eigenvalue weighted by atomic mass is 15.0. The topological polar surface area (TPSA) is 12.0 Å². The van der Waals surface area contributed by atoms with Gasteiger partial charge in [0.1, 0.15) is 0 Å². The molecule has 2 rings (SSSR count). The van der Waals surface area contributed by atoms with Gasteiger partial charge in [0.2, 0.25) is 0 Å². The molecule has 4 unspecified atom stereocenters. The molecule has 1 N–H and O–H groups in total. The van der Waals surface area contributed by atoms with Crippen molar-refractivity contribution in [3.8, 4) is 0 Å². The fourth-order valence-electron chi connectivity index (χ4n) is 2.83. The Kier molecular flexibility index (Phi) is 2.63. The van der Waals surface area contributed by atoms with E-state index in [4.69, 9.17) is 0 Å². The van der Waals surface area contributed by atoms with Gasteiger partial charge in [-0.25, -0.2) is 0 Å². The number of hydrogen-bond donors (Lipinski definition) is 1. The molecular weight excluding hydrogens is 170 g/mol. The molecule has 1 heteroatoms. The standard InChI is InChI=1S/C13H25N/c1-9-6-5-7-11(10(9)2)14-12-8-13(12,3)4/h9-12,14H,5-8H2,1-4H3. The molecular formula is C13H25N. The first-order chi connectivity index (χ1) is 6.50. The monoisotopic (exact) mass is 195 g/mol. The van der Waals surface area contributed by atoms with Crippen molar-refractivity contribution >= 4 is 0 Å². The van der Waals surface area contributed by atoms with Crippen molar-refractivity contribution in [1.29, 1.82) is 0 Å². The summed E-state index contributed by atoms with van der Waals surface area (Å²) in [4.78, 5) is 0. The fraction of sp³-hybridized carbons (Fsp3) is 1.00. The maximum atomic E-state index is 3.86. The highest BCUT2D eigenvalue weighted by Crippen LogP contribution is 2.46. The lowest BCUT2D eigenvalue weighted by Gasteiger charge is -2.35. The van der Waals surface area contributed by atoms with E-state index < -0.39 is 0 Å². The van der Waals surface area contributed by atoms with E-state index in [-0.39, 0.29) is 0 Å². The predicted molar refractivity (Wildman–Crippen MR) is 61.3 cm³/mol. The third-order valence-corrected chi connectivity index (χ3v) is 4.64. The lowest BCUT2D eigenvalue weighted by Crippen LogP contribution is -2.42. The Bertz CT molecular complexity index is 209. The zero-order chi connectivity index (χ0) is 10.3. The number of rotatable bonds is 2. The van der Waals surface area contributed by atoms with Crippen molar-refractivity contribution in [2.45, 2.75) is 65.5 Å². The highest BCUT2D eigenvalue weighted by molar-refractivity contribution is 5.03. The number of nitrogens with one attached hydrogen (secondary N) is 1. The van der Waals surface area contributed by atoms with Gasteiger partial charge in [0.05, 0.1) is 0 Å². The van der Waals surface area contributed by atoms with Crippen molar-refractivity contribution in [2.75, 3.05) is 0 Å². The predicted octanol–water partition coefficient (Wildman–Crippen LogP) is 3.20. The first-order valence-electron chi connectivity index (χ1n) is 6.27. The van der Waals surface area contributed by atoms with Crippen molar-refractivity contribution < 1.29 is 0 Å². The van der Waals surface area contributed by atoms with E-state index in [1.54, 1.807) is 0 Å². The Balaban J connectivity index is 1.85. The summed E-state index contributed by atoms with van der Waals surface area (Å²) >= 11 is 0. The van der Waals surface area contributed by atoms with Gasteiger partial charge in [-0.1, -0.05) is 40.5 Å². The molecule has 0 aliphatic heterocycles. The average molecular weight is 195 g/mol. The Morgan fingerprint density at radius 1 is 1.14 bits per heavy atom. The second-order valence-electron chi connectivity index (χ2n) is 6.29. The van der Waals surface area contributed by atoms with Crippen molar-refractivity contribution in [2.24, 2.45) is 17.3 Å². The summed E-state index contributed by atoms with van der Waals surface area (Å²) in [5, 5.41) is 3.86. The van der Waals surface area contributed by atoms with Crippen LogP contribution in [0.25, 0.3) is 0 Å². The second-order valence-corrected chi connectivity index (χ2v) is 6.29. The molecule has 0 amide bonds. The quantitative estimate of drug-likeness (QED) is 0.713. The molecule has 0 aromatic rings. The molecule has 2 fully saturated rings. The zero-order valence-corrected chi connectivity index (χ0v) is 10.1. The summed E-state index contributed by atoms with van der Waals surface area (Å²) in [7, 11) is 0. The fourth-order valence-corrected chi connectivity index (χ4v) is 2.83. The van der Waals surface area contributed by atoms with Crippen LogP contribution in [0.3, 0.4) is 0 Å². The van der Waals surface area contributed by atoms with Crippen LogP contribution in [-0.4, -0.2) is 12.1 Å². The largest absolute Gasteiger partial charge is 0.310 e. The molecule has 2 aliphatic rings. The Morgan fingerprint density at radius 2 is 1.79 bits per heavy atom. The minimum absolute atomic E-state index is 0.584. The Morgan fingerprint density at radius 3 is 2.36 bits per heavy atom. The molecule has 1 nitrogen and oxygen atoms in total. The average Bonchev–Trinajstić information content (AvgIpc) is 2.68. The normalized spacial score (nSPS) is 46.3. The van der Waals surface area contributed by atoms with Crippen LogP contribution in [0.2, 0.25) is 0 Å². The third kappa shape index (κ3) is 1.98. The van der Waals surface area contributed by atoms with Gasteiger partial charge < -0.3 is 5.32 Å².